The minimum atomic E-state index is -4.54. The van der Waals surface area contributed by atoms with Crippen molar-refractivity contribution in [1.29, 1.82) is 0 Å². The Kier molecular flexibility index (Phi) is 3.76. The van der Waals surface area contributed by atoms with E-state index in [1.807, 2.05) is 13.0 Å². The zero-order valence-electron chi connectivity index (χ0n) is 13.9. The van der Waals surface area contributed by atoms with Gasteiger partial charge < -0.3 is 0 Å². The van der Waals surface area contributed by atoms with Crippen LogP contribution < -0.4 is 4.72 Å². The molecule has 3 atom stereocenters. The molecule has 0 amide bonds. The molecule has 1 N–H and O–H groups in total. The van der Waals surface area contributed by atoms with E-state index in [2.05, 4.69) is 16.9 Å². The van der Waals surface area contributed by atoms with Gasteiger partial charge in [0.25, 0.3) is 10.2 Å². The SMILES string of the molecule is Cc1ccc2c(c1)C[C@H]1CC[C@@H](C2)[C@]12CN(CC(F)(F)F)S(=O)(=O)N2. The quantitative estimate of drug-likeness (QED) is 0.821. The number of aryl methyl sites for hydroxylation is 1. The summed E-state index contributed by atoms with van der Waals surface area (Å²) in [5.74, 6) is 0.0722. The molecule has 4 rings (SSSR count). The first-order valence-corrected chi connectivity index (χ1v) is 9.97. The van der Waals surface area contributed by atoms with E-state index in [1.165, 1.54) is 11.1 Å². The Morgan fingerprint density at radius 3 is 2.48 bits per heavy atom. The highest BCUT2D eigenvalue weighted by Crippen LogP contribution is 2.50. The molecule has 0 unspecified atom stereocenters. The molecule has 3 aliphatic rings. The highest BCUT2D eigenvalue weighted by molar-refractivity contribution is 7.87. The molecule has 25 heavy (non-hydrogen) atoms. The third kappa shape index (κ3) is 2.88. The highest BCUT2D eigenvalue weighted by atomic mass is 32.2. The second-order valence-electron chi connectivity index (χ2n) is 7.68. The molecule has 8 heteroatoms. The highest BCUT2D eigenvalue weighted by Gasteiger charge is 2.60. The van der Waals surface area contributed by atoms with Gasteiger partial charge in [-0.1, -0.05) is 23.8 Å². The number of hydrogen-bond donors (Lipinski definition) is 1. The van der Waals surface area contributed by atoms with Crippen molar-refractivity contribution in [3.63, 3.8) is 0 Å². The normalized spacial score (nSPS) is 34.2. The lowest BCUT2D eigenvalue weighted by Gasteiger charge is -2.33. The summed E-state index contributed by atoms with van der Waals surface area (Å²) in [6, 6.07) is 6.25. The zero-order chi connectivity index (χ0) is 18.0. The van der Waals surface area contributed by atoms with Crippen molar-refractivity contribution in [2.24, 2.45) is 11.8 Å². The molecule has 1 aliphatic heterocycles. The number of hydrogen-bond acceptors (Lipinski definition) is 2. The maximum absolute atomic E-state index is 12.8. The molecule has 1 saturated heterocycles. The fraction of sp³-hybridized carbons (Fsp3) is 0.647. The van der Waals surface area contributed by atoms with Crippen LogP contribution in [0.25, 0.3) is 0 Å². The van der Waals surface area contributed by atoms with E-state index < -0.39 is 28.5 Å². The number of benzene rings is 1. The van der Waals surface area contributed by atoms with E-state index in [9.17, 15) is 21.6 Å². The van der Waals surface area contributed by atoms with Gasteiger partial charge in [-0.15, -0.1) is 0 Å². The monoisotopic (exact) mass is 374 g/mol. The zero-order valence-corrected chi connectivity index (χ0v) is 14.8. The third-order valence-corrected chi connectivity index (χ3v) is 7.64. The molecular formula is C17H21F3N2O2S. The maximum Gasteiger partial charge on any atom is 0.402 e. The van der Waals surface area contributed by atoms with Crippen molar-refractivity contribution in [2.75, 3.05) is 13.1 Å². The first-order valence-electron chi connectivity index (χ1n) is 8.53. The second-order valence-corrected chi connectivity index (χ2v) is 9.35. The number of fused-ring (bicyclic) bond motifs is 1. The van der Waals surface area contributed by atoms with Gasteiger partial charge in [-0.3, -0.25) is 0 Å². The van der Waals surface area contributed by atoms with Gasteiger partial charge in [0.1, 0.15) is 6.54 Å². The Hall–Kier alpha value is -1.12. The number of alkyl halides is 3. The van der Waals surface area contributed by atoms with Crippen molar-refractivity contribution in [3.05, 3.63) is 34.9 Å². The molecule has 2 aliphatic carbocycles. The number of halogens is 3. The van der Waals surface area contributed by atoms with Crippen LogP contribution >= 0.6 is 0 Å². The van der Waals surface area contributed by atoms with Gasteiger partial charge in [0, 0.05) is 6.54 Å². The summed E-state index contributed by atoms with van der Waals surface area (Å²) >= 11 is 0. The van der Waals surface area contributed by atoms with Gasteiger partial charge >= 0.3 is 6.18 Å². The van der Waals surface area contributed by atoms with E-state index in [0.29, 0.717) is 10.7 Å². The molecule has 4 nitrogen and oxygen atoms in total. The molecule has 1 saturated carbocycles. The van der Waals surface area contributed by atoms with E-state index in [-0.39, 0.29) is 18.4 Å². The Labute approximate surface area is 145 Å². The van der Waals surface area contributed by atoms with Gasteiger partial charge in [-0.25, -0.2) is 0 Å². The number of nitrogens with zero attached hydrogens (tertiary/aromatic N) is 1. The first kappa shape index (κ1) is 17.3. The average molecular weight is 374 g/mol. The van der Waals surface area contributed by atoms with Crippen LogP contribution in [-0.4, -0.2) is 37.5 Å². The van der Waals surface area contributed by atoms with Crippen LogP contribution in [0, 0.1) is 18.8 Å². The standard InChI is InChI=1S/C17H21F3N2O2S/c1-11-2-3-12-7-14-4-5-15(8-13(12)6-11)16(14)9-22(10-17(18,19)20)25(23,24)21-16/h2-3,6,14-15,21H,4-5,7-10H2,1H3/t14-,15+,16+/m0/s1. The molecule has 1 heterocycles. The topological polar surface area (TPSA) is 49.4 Å². The van der Waals surface area contributed by atoms with Crippen LogP contribution in [0.5, 0.6) is 0 Å². The Morgan fingerprint density at radius 1 is 1.20 bits per heavy atom. The van der Waals surface area contributed by atoms with E-state index >= 15 is 0 Å². The van der Waals surface area contributed by atoms with E-state index in [0.717, 1.165) is 24.8 Å². The van der Waals surface area contributed by atoms with Gasteiger partial charge in [0.2, 0.25) is 0 Å². The van der Waals surface area contributed by atoms with Gasteiger partial charge in [0.15, 0.2) is 0 Å². The molecular weight excluding hydrogens is 353 g/mol. The number of nitrogens with one attached hydrogen (secondary N) is 1. The minimum absolute atomic E-state index is 0.0357. The lowest BCUT2D eigenvalue weighted by molar-refractivity contribution is -0.136. The Balaban J connectivity index is 1.70. The molecule has 1 aromatic rings. The van der Waals surface area contributed by atoms with Crippen LogP contribution in [0.4, 0.5) is 13.2 Å². The van der Waals surface area contributed by atoms with Gasteiger partial charge in [0.05, 0.1) is 5.54 Å². The van der Waals surface area contributed by atoms with E-state index in [4.69, 9.17) is 0 Å². The predicted octanol–water partition coefficient (Wildman–Crippen LogP) is 2.57. The molecule has 0 aromatic heterocycles. The molecule has 1 spiro atoms. The first-order chi connectivity index (χ1) is 11.6. The van der Waals surface area contributed by atoms with Crippen LogP contribution in [0.1, 0.15) is 29.5 Å². The summed E-state index contributed by atoms with van der Waals surface area (Å²) in [6.07, 6.45) is -1.41. The van der Waals surface area contributed by atoms with Crippen LogP contribution in [0.2, 0.25) is 0 Å². The maximum atomic E-state index is 12.8. The molecule has 2 bridgehead atoms. The molecule has 2 fully saturated rings. The van der Waals surface area contributed by atoms with Crippen LogP contribution in [0.3, 0.4) is 0 Å². The second kappa shape index (κ2) is 5.44. The van der Waals surface area contributed by atoms with Crippen LogP contribution in [-0.2, 0) is 23.1 Å². The Bertz CT molecular complexity index is 809. The lowest BCUT2D eigenvalue weighted by Crippen LogP contribution is -2.52. The largest absolute Gasteiger partial charge is 0.402 e. The molecule has 0 radical (unpaired) electrons. The summed E-state index contributed by atoms with van der Waals surface area (Å²) < 4.78 is 66.5. The Morgan fingerprint density at radius 2 is 1.84 bits per heavy atom. The minimum Gasteiger partial charge on any atom is -0.195 e. The van der Waals surface area contributed by atoms with E-state index in [1.54, 1.807) is 0 Å². The van der Waals surface area contributed by atoms with Crippen LogP contribution in [0.15, 0.2) is 18.2 Å². The van der Waals surface area contributed by atoms with Gasteiger partial charge in [-0.2, -0.15) is 30.6 Å². The fourth-order valence-corrected chi connectivity index (χ4v) is 6.68. The third-order valence-electron chi connectivity index (χ3n) is 6.07. The summed E-state index contributed by atoms with van der Waals surface area (Å²) in [5, 5.41) is 0. The van der Waals surface area contributed by atoms with Crippen molar-refractivity contribution in [1.82, 2.24) is 9.03 Å². The summed E-state index contributed by atoms with van der Waals surface area (Å²) in [4.78, 5) is 0. The smallest absolute Gasteiger partial charge is 0.195 e. The summed E-state index contributed by atoms with van der Waals surface area (Å²) in [6.45, 7) is 0.509. The number of rotatable bonds is 1. The fourth-order valence-electron chi connectivity index (χ4n) is 4.97. The average Bonchev–Trinajstić information content (AvgIpc) is 2.84. The van der Waals surface area contributed by atoms with Crippen molar-refractivity contribution in [3.8, 4) is 0 Å². The van der Waals surface area contributed by atoms with Crippen molar-refractivity contribution >= 4 is 10.2 Å². The van der Waals surface area contributed by atoms with Crippen molar-refractivity contribution < 1.29 is 21.6 Å². The summed E-state index contributed by atoms with van der Waals surface area (Å²) in [5.41, 5.74) is 2.78. The lowest BCUT2D eigenvalue weighted by atomic mass is 9.79. The molecule has 1 aromatic carbocycles. The van der Waals surface area contributed by atoms with Crippen molar-refractivity contribution in [2.45, 2.75) is 44.3 Å². The molecule has 138 valence electrons. The van der Waals surface area contributed by atoms with Gasteiger partial charge in [-0.05, 0) is 55.6 Å². The summed E-state index contributed by atoms with van der Waals surface area (Å²) in [7, 11) is -4.10. The predicted molar refractivity (Wildman–Crippen MR) is 87.2 cm³/mol.